The number of rotatable bonds is 4. The fraction of sp³-hybridized carbons (Fsp3) is 0.167. The van der Waals surface area contributed by atoms with E-state index < -0.39 is 0 Å². The summed E-state index contributed by atoms with van der Waals surface area (Å²) in [4.78, 5) is 0. The molecule has 2 rings (SSSR count). The molecule has 2 aromatic rings. The number of thiophene rings is 1. The third kappa shape index (κ3) is 2.71. The Kier molecular flexibility index (Phi) is 4.12. The van der Waals surface area contributed by atoms with Gasteiger partial charge in [-0.25, -0.2) is 0 Å². The molecule has 0 radical (unpaired) electrons. The molecule has 0 spiro atoms. The van der Waals surface area contributed by atoms with Crippen LogP contribution in [-0.2, 0) is 6.42 Å². The third-order valence-electron chi connectivity index (χ3n) is 2.53. The average Bonchev–Trinajstić information content (AvgIpc) is 2.81. The number of nitrogens with two attached hydrogens (primary N) is 1. The van der Waals surface area contributed by atoms with Crippen molar-refractivity contribution in [2.75, 3.05) is 0 Å². The molecule has 3 N–H and O–H groups in total. The molecule has 0 bridgehead atoms. The quantitative estimate of drug-likeness (QED) is 0.671. The lowest BCUT2D eigenvalue weighted by molar-refractivity contribution is 0.552. The van der Waals surface area contributed by atoms with Crippen molar-refractivity contribution in [1.29, 1.82) is 0 Å². The molecule has 0 amide bonds. The number of hydrogen-bond acceptors (Lipinski definition) is 3. The van der Waals surface area contributed by atoms with Crippen molar-refractivity contribution < 1.29 is 0 Å². The van der Waals surface area contributed by atoms with E-state index in [2.05, 4.69) is 50.3 Å². The van der Waals surface area contributed by atoms with Crippen molar-refractivity contribution in [3.05, 3.63) is 56.7 Å². The first kappa shape index (κ1) is 11.8. The van der Waals surface area contributed by atoms with Gasteiger partial charge in [-0.2, -0.15) is 11.3 Å². The van der Waals surface area contributed by atoms with Crippen LogP contribution in [0.3, 0.4) is 0 Å². The fourth-order valence-corrected chi connectivity index (χ4v) is 2.79. The van der Waals surface area contributed by atoms with Gasteiger partial charge in [-0.05, 0) is 40.4 Å². The van der Waals surface area contributed by atoms with E-state index in [1.165, 1.54) is 11.1 Å². The SMILES string of the molecule is NNC(Cc1ccccc1Br)c1ccsc1. The van der Waals surface area contributed by atoms with E-state index in [0.717, 1.165) is 10.9 Å². The van der Waals surface area contributed by atoms with Crippen molar-refractivity contribution >= 4 is 27.3 Å². The van der Waals surface area contributed by atoms with Gasteiger partial charge in [0.2, 0.25) is 0 Å². The molecule has 1 heterocycles. The Bertz CT molecular complexity index is 442. The number of hydrazine groups is 1. The Labute approximate surface area is 108 Å². The highest BCUT2D eigenvalue weighted by Crippen LogP contribution is 2.24. The maximum absolute atomic E-state index is 5.60. The zero-order chi connectivity index (χ0) is 11.4. The summed E-state index contributed by atoms with van der Waals surface area (Å²) >= 11 is 5.24. The van der Waals surface area contributed by atoms with Crippen molar-refractivity contribution in [2.45, 2.75) is 12.5 Å². The zero-order valence-corrected chi connectivity index (χ0v) is 11.1. The van der Waals surface area contributed by atoms with E-state index in [0.29, 0.717) is 0 Å². The van der Waals surface area contributed by atoms with Gasteiger partial charge in [0.1, 0.15) is 0 Å². The number of nitrogens with one attached hydrogen (secondary N) is 1. The molecule has 0 aliphatic rings. The van der Waals surface area contributed by atoms with Crippen LogP contribution in [0.1, 0.15) is 17.2 Å². The molecule has 0 fully saturated rings. The summed E-state index contributed by atoms with van der Waals surface area (Å²) in [6.07, 6.45) is 0.884. The minimum absolute atomic E-state index is 0.171. The van der Waals surface area contributed by atoms with Gasteiger partial charge < -0.3 is 0 Å². The van der Waals surface area contributed by atoms with Gasteiger partial charge >= 0.3 is 0 Å². The van der Waals surface area contributed by atoms with Crippen LogP contribution in [0.25, 0.3) is 0 Å². The van der Waals surface area contributed by atoms with E-state index in [9.17, 15) is 0 Å². The van der Waals surface area contributed by atoms with Crippen molar-refractivity contribution in [1.82, 2.24) is 5.43 Å². The van der Waals surface area contributed by atoms with Gasteiger partial charge in [0.25, 0.3) is 0 Å². The molecule has 84 valence electrons. The Morgan fingerprint density at radius 3 is 2.75 bits per heavy atom. The Hall–Kier alpha value is -0.680. The Balaban J connectivity index is 2.17. The highest BCUT2D eigenvalue weighted by Gasteiger charge is 2.12. The third-order valence-corrected chi connectivity index (χ3v) is 4.00. The lowest BCUT2D eigenvalue weighted by Gasteiger charge is -2.15. The van der Waals surface area contributed by atoms with E-state index in [4.69, 9.17) is 5.84 Å². The zero-order valence-electron chi connectivity index (χ0n) is 8.69. The van der Waals surface area contributed by atoms with Gasteiger partial charge in [-0.1, -0.05) is 34.1 Å². The summed E-state index contributed by atoms with van der Waals surface area (Å²) in [6.45, 7) is 0. The molecular weight excluding hydrogens is 284 g/mol. The Morgan fingerprint density at radius 1 is 1.31 bits per heavy atom. The summed E-state index contributed by atoms with van der Waals surface area (Å²) in [5.41, 5.74) is 5.37. The lowest BCUT2D eigenvalue weighted by atomic mass is 10.0. The molecule has 16 heavy (non-hydrogen) atoms. The number of halogens is 1. The normalized spacial score (nSPS) is 12.6. The molecule has 1 atom stereocenters. The van der Waals surface area contributed by atoms with Crippen molar-refractivity contribution in [2.24, 2.45) is 5.84 Å². The topological polar surface area (TPSA) is 38.0 Å². The molecular formula is C12H13BrN2S. The van der Waals surface area contributed by atoms with Crippen LogP contribution in [0, 0.1) is 0 Å². The van der Waals surface area contributed by atoms with Gasteiger partial charge in [0, 0.05) is 4.47 Å². The largest absolute Gasteiger partial charge is 0.271 e. The van der Waals surface area contributed by atoms with Gasteiger partial charge in [-0.15, -0.1) is 0 Å². The monoisotopic (exact) mass is 296 g/mol. The fourth-order valence-electron chi connectivity index (χ4n) is 1.63. The van der Waals surface area contributed by atoms with Gasteiger partial charge in [0.15, 0.2) is 0 Å². The van der Waals surface area contributed by atoms with E-state index in [1.807, 2.05) is 12.1 Å². The minimum atomic E-state index is 0.171. The highest BCUT2D eigenvalue weighted by atomic mass is 79.9. The van der Waals surface area contributed by atoms with E-state index in [-0.39, 0.29) is 6.04 Å². The van der Waals surface area contributed by atoms with Crippen LogP contribution >= 0.6 is 27.3 Å². The minimum Gasteiger partial charge on any atom is -0.271 e. The second-order valence-electron chi connectivity index (χ2n) is 3.57. The first-order valence-corrected chi connectivity index (χ1v) is 6.76. The molecule has 0 aliphatic heterocycles. The predicted octanol–water partition coefficient (Wildman–Crippen LogP) is 3.26. The van der Waals surface area contributed by atoms with Crippen LogP contribution in [0.5, 0.6) is 0 Å². The first-order chi connectivity index (χ1) is 7.81. The van der Waals surface area contributed by atoms with Crippen molar-refractivity contribution in [3.63, 3.8) is 0 Å². The summed E-state index contributed by atoms with van der Waals surface area (Å²) in [5, 5.41) is 4.20. The summed E-state index contributed by atoms with van der Waals surface area (Å²) < 4.78 is 1.13. The molecule has 0 saturated carbocycles. The molecule has 0 saturated heterocycles. The predicted molar refractivity (Wildman–Crippen MR) is 72.2 cm³/mol. The molecule has 1 aromatic heterocycles. The molecule has 1 aromatic carbocycles. The second-order valence-corrected chi connectivity index (χ2v) is 5.21. The summed E-state index contributed by atoms with van der Waals surface area (Å²) in [7, 11) is 0. The highest BCUT2D eigenvalue weighted by molar-refractivity contribution is 9.10. The van der Waals surface area contributed by atoms with Crippen molar-refractivity contribution in [3.8, 4) is 0 Å². The maximum atomic E-state index is 5.60. The Morgan fingerprint density at radius 2 is 2.12 bits per heavy atom. The van der Waals surface area contributed by atoms with Gasteiger partial charge in [0.05, 0.1) is 6.04 Å². The van der Waals surface area contributed by atoms with Crippen LogP contribution < -0.4 is 11.3 Å². The van der Waals surface area contributed by atoms with Crippen LogP contribution in [0.4, 0.5) is 0 Å². The first-order valence-electron chi connectivity index (χ1n) is 5.03. The number of hydrogen-bond donors (Lipinski definition) is 2. The molecule has 1 unspecified atom stereocenters. The van der Waals surface area contributed by atoms with Crippen LogP contribution in [0.2, 0.25) is 0 Å². The second kappa shape index (κ2) is 5.59. The van der Waals surface area contributed by atoms with Gasteiger partial charge in [-0.3, -0.25) is 11.3 Å². The molecule has 4 heteroatoms. The average molecular weight is 297 g/mol. The van der Waals surface area contributed by atoms with Crippen LogP contribution in [-0.4, -0.2) is 0 Å². The standard InChI is InChI=1S/C12H13BrN2S/c13-11-4-2-1-3-9(11)7-12(15-14)10-5-6-16-8-10/h1-6,8,12,15H,7,14H2. The maximum Gasteiger partial charge on any atom is 0.0508 e. The molecule has 2 nitrogen and oxygen atoms in total. The van der Waals surface area contributed by atoms with Crippen LogP contribution in [0.15, 0.2) is 45.6 Å². The number of benzene rings is 1. The summed E-state index contributed by atoms with van der Waals surface area (Å²) in [6, 6.07) is 10.5. The lowest BCUT2D eigenvalue weighted by Crippen LogP contribution is -2.29. The van der Waals surface area contributed by atoms with E-state index >= 15 is 0 Å². The smallest absolute Gasteiger partial charge is 0.0508 e. The van der Waals surface area contributed by atoms with E-state index in [1.54, 1.807) is 11.3 Å². The summed E-state index contributed by atoms with van der Waals surface area (Å²) in [5.74, 6) is 5.60. The molecule has 0 aliphatic carbocycles.